The fraction of sp³-hybridized carbons (Fsp3) is 0.235. The molecular formula is C17H20ClIN2O. The van der Waals surface area contributed by atoms with Gasteiger partial charge in [-0.25, -0.2) is 0 Å². The highest BCUT2D eigenvalue weighted by atomic mass is 127. The van der Waals surface area contributed by atoms with Crippen molar-refractivity contribution in [2.75, 3.05) is 0 Å². The van der Waals surface area contributed by atoms with Crippen LogP contribution < -0.4 is 11.1 Å². The van der Waals surface area contributed by atoms with E-state index in [1.807, 2.05) is 45.0 Å². The van der Waals surface area contributed by atoms with Gasteiger partial charge in [0.05, 0.1) is 5.57 Å². The van der Waals surface area contributed by atoms with Crippen LogP contribution >= 0.6 is 34.2 Å². The molecule has 0 aliphatic heterocycles. The fourth-order valence-electron chi connectivity index (χ4n) is 1.97. The van der Waals surface area contributed by atoms with E-state index in [2.05, 4.69) is 27.9 Å². The number of carbonyl (C=O) groups is 1. The van der Waals surface area contributed by atoms with Crippen molar-refractivity contribution in [3.8, 4) is 0 Å². The van der Waals surface area contributed by atoms with Crippen molar-refractivity contribution in [1.29, 1.82) is 0 Å². The van der Waals surface area contributed by atoms with Crippen molar-refractivity contribution >= 4 is 40.1 Å². The Hall–Kier alpha value is -1.27. The number of hydrogen-bond donors (Lipinski definition) is 2. The van der Waals surface area contributed by atoms with Crippen molar-refractivity contribution in [2.24, 2.45) is 5.73 Å². The first-order valence-electron chi connectivity index (χ1n) is 6.84. The highest BCUT2D eigenvalue weighted by molar-refractivity contribution is 14.1. The van der Waals surface area contributed by atoms with Crippen LogP contribution in [0.1, 0.15) is 26.3 Å². The number of amides is 1. The number of benzene rings is 1. The molecule has 118 valence electrons. The second-order valence-electron chi connectivity index (χ2n) is 4.85. The normalized spacial score (nSPS) is 13.7. The molecule has 0 saturated heterocycles. The molecule has 5 heteroatoms. The van der Waals surface area contributed by atoms with Crippen LogP contribution in [0, 0.1) is 0 Å². The van der Waals surface area contributed by atoms with Crippen LogP contribution in [0.15, 0.2) is 56.8 Å². The smallest absolute Gasteiger partial charge is 0.253 e. The maximum absolute atomic E-state index is 12.5. The molecule has 0 spiro atoms. The molecule has 22 heavy (non-hydrogen) atoms. The number of nitrogens with two attached hydrogens (primary N) is 1. The molecular weight excluding hydrogens is 411 g/mol. The van der Waals surface area contributed by atoms with Crippen molar-refractivity contribution in [1.82, 2.24) is 5.32 Å². The quantitative estimate of drug-likeness (QED) is 0.411. The van der Waals surface area contributed by atoms with Crippen LogP contribution in [0.25, 0.3) is 0 Å². The van der Waals surface area contributed by atoms with Gasteiger partial charge < -0.3 is 11.1 Å². The van der Waals surface area contributed by atoms with E-state index in [0.29, 0.717) is 22.8 Å². The lowest BCUT2D eigenvalue weighted by Gasteiger charge is -2.12. The van der Waals surface area contributed by atoms with Crippen LogP contribution in [0.4, 0.5) is 0 Å². The monoisotopic (exact) mass is 430 g/mol. The molecule has 3 nitrogen and oxygen atoms in total. The summed E-state index contributed by atoms with van der Waals surface area (Å²) in [5.41, 5.74) is 8.73. The third kappa shape index (κ3) is 5.85. The Morgan fingerprint density at radius 1 is 1.41 bits per heavy atom. The average molecular weight is 431 g/mol. The summed E-state index contributed by atoms with van der Waals surface area (Å²) in [5.74, 6) is -0.193. The lowest BCUT2D eigenvalue weighted by Crippen LogP contribution is -2.27. The summed E-state index contributed by atoms with van der Waals surface area (Å²) in [5, 5.41) is 3.54. The number of allylic oxidation sites excluding steroid dienone is 4. The Labute approximate surface area is 150 Å². The highest BCUT2D eigenvalue weighted by Gasteiger charge is 2.14. The summed E-state index contributed by atoms with van der Waals surface area (Å²) < 4.78 is 1.08. The predicted octanol–water partition coefficient (Wildman–Crippen LogP) is 4.47. The minimum atomic E-state index is -0.193. The minimum absolute atomic E-state index is 0.193. The molecule has 3 N–H and O–H groups in total. The standard InChI is InChI=1S/C17H20ClIN2O/c1-4-15(20)16(11(2)8-12(3)19)17(22)21-10-13-6-5-7-14(18)9-13/h4-9H,10,20H2,1-3H3,(H,21,22)/b12-8+,15-4+,16-11+. The third-order valence-corrected chi connectivity index (χ3v) is 3.53. The molecule has 0 aliphatic carbocycles. The van der Waals surface area contributed by atoms with Crippen LogP contribution in [0.2, 0.25) is 5.02 Å². The summed E-state index contributed by atoms with van der Waals surface area (Å²) >= 11 is 8.15. The first-order chi connectivity index (χ1) is 10.3. The number of nitrogens with one attached hydrogen (secondary N) is 1. The first kappa shape index (κ1) is 18.8. The van der Waals surface area contributed by atoms with E-state index >= 15 is 0 Å². The van der Waals surface area contributed by atoms with Gasteiger partial charge in [-0.05, 0) is 76.3 Å². The van der Waals surface area contributed by atoms with Gasteiger partial charge in [-0.2, -0.15) is 0 Å². The fourth-order valence-corrected chi connectivity index (χ4v) is 2.65. The van der Waals surface area contributed by atoms with E-state index in [1.54, 1.807) is 12.1 Å². The van der Waals surface area contributed by atoms with E-state index in [9.17, 15) is 4.79 Å². The van der Waals surface area contributed by atoms with Crippen molar-refractivity contribution < 1.29 is 4.79 Å². The topological polar surface area (TPSA) is 55.1 Å². The molecule has 0 heterocycles. The lowest BCUT2D eigenvalue weighted by atomic mass is 10.0. The van der Waals surface area contributed by atoms with Gasteiger partial charge in [0.25, 0.3) is 5.91 Å². The second kappa shape index (κ2) is 9.00. The van der Waals surface area contributed by atoms with Crippen LogP contribution in [-0.2, 0) is 11.3 Å². The number of rotatable bonds is 5. The molecule has 1 rings (SSSR count). The zero-order valence-electron chi connectivity index (χ0n) is 12.9. The lowest BCUT2D eigenvalue weighted by molar-refractivity contribution is -0.117. The van der Waals surface area contributed by atoms with E-state index < -0.39 is 0 Å². The zero-order chi connectivity index (χ0) is 16.7. The summed E-state index contributed by atoms with van der Waals surface area (Å²) in [7, 11) is 0. The van der Waals surface area contributed by atoms with E-state index in [0.717, 1.165) is 14.7 Å². The van der Waals surface area contributed by atoms with Crippen LogP contribution in [-0.4, -0.2) is 5.91 Å². The minimum Gasteiger partial charge on any atom is -0.398 e. The number of halogens is 2. The summed E-state index contributed by atoms with van der Waals surface area (Å²) in [6.45, 7) is 6.07. The van der Waals surface area contributed by atoms with Gasteiger partial charge in [0.2, 0.25) is 0 Å². The van der Waals surface area contributed by atoms with E-state index in [4.69, 9.17) is 17.3 Å². The second-order valence-corrected chi connectivity index (χ2v) is 6.98. The van der Waals surface area contributed by atoms with Crippen molar-refractivity contribution in [3.05, 3.63) is 67.4 Å². The predicted molar refractivity (Wildman–Crippen MR) is 102 cm³/mol. The summed E-state index contributed by atoms with van der Waals surface area (Å²) in [6, 6.07) is 7.39. The van der Waals surface area contributed by atoms with Gasteiger partial charge in [0.1, 0.15) is 0 Å². The summed E-state index contributed by atoms with van der Waals surface area (Å²) in [6.07, 6.45) is 3.67. The number of hydrogen-bond acceptors (Lipinski definition) is 2. The van der Waals surface area contributed by atoms with Gasteiger partial charge in [-0.3, -0.25) is 4.79 Å². The Morgan fingerprint density at radius 2 is 2.09 bits per heavy atom. The third-order valence-electron chi connectivity index (χ3n) is 2.98. The van der Waals surface area contributed by atoms with Crippen molar-refractivity contribution in [3.63, 3.8) is 0 Å². The van der Waals surface area contributed by atoms with Gasteiger partial charge in [-0.15, -0.1) is 0 Å². The Balaban J connectivity index is 2.97. The largest absolute Gasteiger partial charge is 0.398 e. The molecule has 1 aromatic rings. The van der Waals surface area contributed by atoms with Gasteiger partial charge in [0, 0.05) is 17.3 Å². The molecule has 0 saturated carbocycles. The van der Waals surface area contributed by atoms with Gasteiger partial charge in [-0.1, -0.05) is 29.8 Å². The zero-order valence-corrected chi connectivity index (χ0v) is 15.8. The maximum Gasteiger partial charge on any atom is 0.253 e. The molecule has 0 bridgehead atoms. The van der Waals surface area contributed by atoms with Crippen LogP contribution in [0.5, 0.6) is 0 Å². The van der Waals surface area contributed by atoms with Crippen molar-refractivity contribution in [2.45, 2.75) is 27.3 Å². The molecule has 1 amide bonds. The summed E-state index contributed by atoms with van der Waals surface area (Å²) in [4.78, 5) is 12.5. The van der Waals surface area contributed by atoms with E-state index in [-0.39, 0.29) is 5.91 Å². The Morgan fingerprint density at radius 3 is 2.64 bits per heavy atom. The SMILES string of the molecule is C\C=C(N)/C(C(=O)NCc1cccc(Cl)c1)=C(C)\C=C(/C)I. The average Bonchev–Trinajstić information content (AvgIpc) is 2.44. The Kier molecular flexibility index (Phi) is 7.68. The van der Waals surface area contributed by atoms with E-state index in [1.165, 1.54) is 0 Å². The molecule has 0 aromatic heterocycles. The molecule has 0 aliphatic rings. The van der Waals surface area contributed by atoms with Gasteiger partial charge >= 0.3 is 0 Å². The highest BCUT2D eigenvalue weighted by Crippen LogP contribution is 2.17. The molecule has 0 unspecified atom stereocenters. The number of carbonyl (C=O) groups excluding carboxylic acids is 1. The molecule has 0 radical (unpaired) electrons. The molecule has 0 fully saturated rings. The molecule has 1 aromatic carbocycles. The van der Waals surface area contributed by atoms with Gasteiger partial charge in [0.15, 0.2) is 0 Å². The Bertz CT molecular complexity index is 644. The molecule has 0 atom stereocenters. The first-order valence-corrected chi connectivity index (χ1v) is 8.30. The maximum atomic E-state index is 12.5. The van der Waals surface area contributed by atoms with Crippen LogP contribution in [0.3, 0.4) is 0 Å².